The molecule has 17 heavy (non-hydrogen) atoms. The first-order valence-electron chi connectivity index (χ1n) is 4.90. The van der Waals surface area contributed by atoms with Gasteiger partial charge in [0.1, 0.15) is 0 Å². The molecule has 1 aromatic rings. The summed E-state index contributed by atoms with van der Waals surface area (Å²) < 4.78 is 22.1. The first-order chi connectivity index (χ1) is 7.94. The van der Waals surface area contributed by atoms with Gasteiger partial charge in [0, 0.05) is 17.5 Å². The van der Waals surface area contributed by atoms with E-state index >= 15 is 0 Å². The van der Waals surface area contributed by atoms with Gasteiger partial charge in [-0.3, -0.25) is 4.79 Å². The number of amides is 1. The number of carbonyl (C=O) groups excluding carboxylic acids is 1. The molecule has 0 saturated heterocycles. The Morgan fingerprint density at radius 1 is 1.35 bits per heavy atom. The summed E-state index contributed by atoms with van der Waals surface area (Å²) in [6, 6.07) is 6.02. The summed E-state index contributed by atoms with van der Waals surface area (Å²) in [5, 5.41) is 3.35. The van der Waals surface area contributed by atoms with Crippen molar-refractivity contribution in [3.63, 3.8) is 0 Å². The van der Waals surface area contributed by atoms with Crippen LogP contribution in [0.15, 0.2) is 36.3 Å². The summed E-state index contributed by atoms with van der Waals surface area (Å²) in [6.45, 7) is 3.21. The third-order valence-corrected chi connectivity index (χ3v) is 3.35. The fraction of sp³-hybridized carbons (Fsp3) is 0.182. The fourth-order valence-corrected chi connectivity index (χ4v) is 1.67. The smallest absolute Gasteiger partial charge is 0.251 e. The van der Waals surface area contributed by atoms with Crippen molar-refractivity contribution < 1.29 is 13.2 Å². The predicted molar refractivity (Wildman–Crippen MR) is 65.5 cm³/mol. The van der Waals surface area contributed by atoms with E-state index in [4.69, 9.17) is 5.73 Å². The molecule has 0 aliphatic heterocycles. The van der Waals surface area contributed by atoms with E-state index in [1.165, 1.54) is 24.3 Å². The van der Waals surface area contributed by atoms with Gasteiger partial charge >= 0.3 is 0 Å². The lowest BCUT2D eigenvalue weighted by Crippen LogP contribution is -2.28. The number of hydrogen-bond donors (Lipinski definition) is 1. The molecule has 5 nitrogen and oxygen atoms in total. The van der Waals surface area contributed by atoms with Crippen molar-refractivity contribution in [2.24, 2.45) is 0 Å². The minimum Gasteiger partial charge on any atom is -0.351 e. The zero-order chi connectivity index (χ0) is 12.9. The molecule has 0 bridgehead atoms. The number of carbonyl (C=O) groups is 1. The Hall–Kier alpha value is -1.82. The zero-order valence-electron chi connectivity index (χ0n) is 9.14. The maximum absolute atomic E-state index is 11.5. The molecule has 0 aliphatic rings. The largest absolute Gasteiger partial charge is 0.351 e. The quantitative estimate of drug-likeness (QED) is 0.845. The van der Waals surface area contributed by atoms with Gasteiger partial charge in [0.2, 0.25) is 0 Å². The van der Waals surface area contributed by atoms with E-state index < -0.39 is 9.84 Å². The molecule has 1 amide bonds. The molecule has 1 aromatic carbocycles. The second kappa shape index (κ2) is 5.49. The predicted octanol–water partition coefficient (Wildman–Crippen LogP) is 0.889. The minimum atomic E-state index is -3.28. The Labute approximate surface area is 100 Å². The normalized spacial score (nSPS) is 10.8. The standard InChI is InChI=1S/C11H13N2O3S/c1-2-17(15,16)8-7-13-11(14)9-3-5-10(12)6-4-9/h2-6,12H,1,7-8H2,(H,13,14). The summed E-state index contributed by atoms with van der Waals surface area (Å²) in [5.74, 6) is -0.525. The molecule has 1 rings (SSSR count). The maximum atomic E-state index is 11.5. The molecule has 0 unspecified atom stereocenters. The van der Waals surface area contributed by atoms with Crippen LogP contribution in [0.25, 0.3) is 0 Å². The lowest BCUT2D eigenvalue weighted by molar-refractivity contribution is 0.0956. The number of hydrogen-bond acceptors (Lipinski definition) is 3. The SMILES string of the molecule is C=CS(=O)(=O)CCNC(=O)c1ccc([NH])cc1. The number of rotatable bonds is 5. The molecular weight excluding hydrogens is 240 g/mol. The lowest BCUT2D eigenvalue weighted by atomic mass is 10.2. The summed E-state index contributed by atoms with van der Waals surface area (Å²) >= 11 is 0. The van der Waals surface area contributed by atoms with Crippen LogP contribution in [-0.2, 0) is 9.84 Å². The highest BCUT2D eigenvalue weighted by Gasteiger charge is 2.08. The molecule has 2 N–H and O–H groups in total. The molecule has 0 atom stereocenters. The third-order valence-electron chi connectivity index (χ3n) is 2.07. The Balaban J connectivity index is 2.51. The Bertz CT molecular complexity index is 506. The van der Waals surface area contributed by atoms with Gasteiger partial charge in [-0.25, -0.2) is 8.42 Å². The monoisotopic (exact) mass is 253 g/mol. The van der Waals surface area contributed by atoms with E-state index in [1.807, 2.05) is 0 Å². The van der Waals surface area contributed by atoms with E-state index in [2.05, 4.69) is 11.9 Å². The van der Waals surface area contributed by atoms with Crippen molar-refractivity contribution in [2.75, 3.05) is 12.3 Å². The van der Waals surface area contributed by atoms with E-state index in [0.717, 1.165) is 5.41 Å². The maximum Gasteiger partial charge on any atom is 0.251 e. The van der Waals surface area contributed by atoms with Crippen molar-refractivity contribution >= 4 is 21.4 Å². The van der Waals surface area contributed by atoms with Crippen LogP contribution in [0.2, 0.25) is 0 Å². The van der Waals surface area contributed by atoms with Gasteiger partial charge in [0.15, 0.2) is 9.84 Å². The van der Waals surface area contributed by atoms with Crippen LogP contribution in [0.5, 0.6) is 0 Å². The van der Waals surface area contributed by atoms with Crippen LogP contribution in [0.1, 0.15) is 10.4 Å². The van der Waals surface area contributed by atoms with Crippen molar-refractivity contribution in [1.82, 2.24) is 11.1 Å². The molecule has 0 aromatic heterocycles. The molecule has 91 valence electrons. The summed E-state index contributed by atoms with van der Waals surface area (Å²) in [7, 11) is -3.28. The number of benzene rings is 1. The Morgan fingerprint density at radius 3 is 2.47 bits per heavy atom. The first-order valence-corrected chi connectivity index (χ1v) is 6.61. The Kier molecular flexibility index (Phi) is 4.28. The lowest BCUT2D eigenvalue weighted by Gasteiger charge is -2.04. The second-order valence-electron chi connectivity index (χ2n) is 3.37. The molecule has 0 saturated carbocycles. The highest BCUT2D eigenvalue weighted by molar-refractivity contribution is 7.94. The highest BCUT2D eigenvalue weighted by Crippen LogP contribution is 2.06. The van der Waals surface area contributed by atoms with E-state index in [9.17, 15) is 13.2 Å². The van der Waals surface area contributed by atoms with Crippen LogP contribution in [0.3, 0.4) is 0 Å². The van der Waals surface area contributed by atoms with Crippen LogP contribution in [0.4, 0.5) is 5.69 Å². The van der Waals surface area contributed by atoms with Gasteiger partial charge in [0.25, 0.3) is 5.91 Å². The minimum absolute atomic E-state index is 0.0375. The van der Waals surface area contributed by atoms with Gasteiger partial charge < -0.3 is 11.1 Å². The molecule has 6 heteroatoms. The topological polar surface area (TPSA) is 87.0 Å². The Morgan fingerprint density at radius 2 is 1.94 bits per heavy atom. The number of sulfone groups is 1. The van der Waals surface area contributed by atoms with E-state index in [-0.39, 0.29) is 18.2 Å². The van der Waals surface area contributed by atoms with E-state index in [0.29, 0.717) is 11.3 Å². The van der Waals surface area contributed by atoms with E-state index in [1.54, 1.807) is 0 Å². The molecular formula is C11H13N2O3S. The molecule has 1 radical (unpaired) electrons. The third kappa shape index (κ3) is 4.28. The molecule has 0 aliphatic carbocycles. The first kappa shape index (κ1) is 13.2. The van der Waals surface area contributed by atoms with Gasteiger partial charge in [-0.15, -0.1) is 0 Å². The fourth-order valence-electron chi connectivity index (χ4n) is 1.11. The summed E-state index contributed by atoms with van der Waals surface area (Å²) in [4.78, 5) is 11.5. The molecule has 0 spiro atoms. The van der Waals surface area contributed by atoms with Crippen molar-refractivity contribution in [3.05, 3.63) is 41.8 Å². The van der Waals surface area contributed by atoms with Crippen molar-refractivity contribution in [1.29, 1.82) is 0 Å². The average Bonchev–Trinajstić information content (AvgIpc) is 2.29. The van der Waals surface area contributed by atoms with Crippen molar-refractivity contribution in [2.45, 2.75) is 0 Å². The van der Waals surface area contributed by atoms with Crippen LogP contribution in [-0.4, -0.2) is 26.6 Å². The van der Waals surface area contributed by atoms with Gasteiger partial charge in [0.05, 0.1) is 11.4 Å². The summed E-state index contributed by atoms with van der Waals surface area (Å²) in [6.07, 6.45) is 0. The second-order valence-corrected chi connectivity index (χ2v) is 5.43. The van der Waals surface area contributed by atoms with Crippen molar-refractivity contribution in [3.8, 4) is 0 Å². The highest BCUT2D eigenvalue weighted by atomic mass is 32.2. The van der Waals surface area contributed by atoms with Crippen LogP contribution < -0.4 is 11.1 Å². The van der Waals surface area contributed by atoms with Gasteiger partial charge in [-0.2, -0.15) is 0 Å². The van der Waals surface area contributed by atoms with Gasteiger partial charge in [-0.05, 0) is 24.3 Å². The van der Waals surface area contributed by atoms with Crippen LogP contribution in [0, 0.1) is 0 Å². The zero-order valence-corrected chi connectivity index (χ0v) is 9.96. The summed E-state index contributed by atoms with van der Waals surface area (Å²) in [5.41, 5.74) is 7.97. The van der Waals surface area contributed by atoms with Gasteiger partial charge in [-0.1, -0.05) is 6.58 Å². The molecule has 0 heterocycles. The van der Waals surface area contributed by atoms with Crippen LogP contribution >= 0.6 is 0 Å². The molecule has 0 fully saturated rings. The number of nitrogens with one attached hydrogen (secondary N) is 2. The average molecular weight is 253 g/mol.